The standard InChI is InChI=1S/C20H24FN3O2S/c1-2-3-19(25)26-14-6-4-12(8-14)17-9-18(24-23-17)22-16-7-5-13-10-27-11-15(13)20(16)21/h5,7,9,12,14H,2-4,6,8,10-11H2,1H3,(H2,22,23,24). The fourth-order valence-corrected chi connectivity index (χ4v) is 4.95. The minimum absolute atomic E-state index is 0.0135. The van der Waals surface area contributed by atoms with Crippen LogP contribution in [0.4, 0.5) is 15.9 Å². The molecule has 4 rings (SSSR count). The third-order valence-electron chi connectivity index (χ3n) is 5.28. The molecule has 1 aliphatic heterocycles. The number of H-pyrrole nitrogens is 1. The Morgan fingerprint density at radius 3 is 3.15 bits per heavy atom. The third kappa shape index (κ3) is 3.98. The lowest BCUT2D eigenvalue weighted by atomic mass is 10.0. The van der Waals surface area contributed by atoms with E-state index in [0.717, 1.165) is 54.0 Å². The van der Waals surface area contributed by atoms with Crippen LogP contribution < -0.4 is 5.32 Å². The van der Waals surface area contributed by atoms with E-state index < -0.39 is 0 Å². The van der Waals surface area contributed by atoms with Crippen molar-refractivity contribution in [3.05, 3.63) is 40.8 Å². The number of benzene rings is 1. The van der Waals surface area contributed by atoms with Gasteiger partial charge in [0.15, 0.2) is 11.6 Å². The molecule has 0 radical (unpaired) electrons. The molecule has 0 saturated heterocycles. The number of aromatic amines is 1. The molecule has 2 unspecified atom stereocenters. The molecule has 2 atom stereocenters. The maximum atomic E-state index is 14.6. The van der Waals surface area contributed by atoms with Crippen LogP contribution in [0.2, 0.25) is 0 Å². The predicted octanol–water partition coefficient (Wildman–Crippen LogP) is 5.02. The van der Waals surface area contributed by atoms with Crippen molar-refractivity contribution in [1.82, 2.24) is 10.2 Å². The minimum Gasteiger partial charge on any atom is -0.462 e. The van der Waals surface area contributed by atoms with Crippen LogP contribution in [0.1, 0.15) is 61.8 Å². The molecule has 0 bridgehead atoms. The Labute approximate surface area is 162 Å². The number of hydrogen-bond acceptors (Lipinski definition) is 5. The summed E-state index contributed by atoms with van der Waals surface area (Å²) in [5, 5.41) is 10.4. The molecule has 2 aromatic rings. The number of aromatic nitrogens is 2. The van der Waals surface area contributed by atoms with E-state index in [1.807, 2.05) is 19.1 Å². The minimum atomic E-state index is -0.175. The highest BCUT2D eigenvalue weighted by Gasteiger charge is 2.29. The summed E-state index contributed by atoms with van der Waals surface area (Å²) < 4.78 is 20.2. The molecule has 2 heterocycles. The van der Waals surface area contributed by atoms with Crippen LogP contribution in [0.5, 0.6) is 0 Å². The van der Waals surface area contributed by atoms with E-state index in [2.05, 4.69) is 15.5 Å². The molecule has 1 aliphatic carbocycles. The largest absolute Gasteiger partial charge is 0.462 e. The van der Waals surface area contributed by atoms with Crippen LogP contribution in [0, 0.1) is 5.82 Å². The van der Waals surface area contributed by atoms with Crippen molar-refractivity contribution in [2.75, 3.05) is 5.32 Å². The Morgan fingerprint density at radius 2 is 2.30 bits per heavy atom. The third-order valence-corrected chi connectivity index (χ3v) is 6.29. The smallest absolute Gasteiger partial charge is 0.306 e. The predicted molar refractivity (Wildman–Crippen MR) is 105 cm³/mol. The molecule has 1 fully saturated rings. The molecule has 0 spiro atoms. The lowest BCUT2D eigenvalue weighted by molar-refractivity contribution is -0.148. The summed E-state index contributed by atoms with van der Waals surface area (Å²) in [5.74, 6) is 2.22. The van der Waals surface area contributed by atoms with Gasteiger partial charge in [0, 0.05) is 41.2 Å². The van der Waals surface area contributed by atoms with Gasteiger partial charge >= 0.3 is 5.97 Å². The van der Waals surface area contributed by atoms with Crippen LogP contribution in [-0.4, -0.2) is 22.3 Å². The van der Waals surface area contributed by atoms with Crippen molar-refractivity contribution in [3.63, 3.8) is 0 Å². The van der Waals surface area contributed by atoms with Crippen molar-refractivity contribution < 1.29 is 13.9 Å². The number of esters is 1. The van der Waals surface area contributed by atoms with Crippen molar-refractivity contribution in [1.29, 1.82) is 0 Å². The number of carbonyl (C=O) groups excluding carboxylic acids is 1. The molecule has 5 nitrogen and oxygen atoms in total. The summed E-state index contributed by atoms with van der Waals surface area (Å²) in [5.41, 5.74) is 3.35. The highest BCUT2D eigenvalue weighted by molar-refractivity contribution is 7.98. The maximum absolute atomic E-state index is 14.6. The van der Waals surface area contributed by atoms with Crippen LogP contribution in [0.15, 0.2) is 18.2 Å². The first-order valence-corrected chi connectivity index (χ1v) is 10.7. The number of halogens is 1. The molecule has 1 aromatic heterocycles. The molecule has 2 aliphatic rings. The topological polar surface area (TPSA) is 67.0 Å². The van der Waals surface area contributed by atoms with Gasteiger partial charge in [0.1, 0.15) is 6.10 Å². The van der Waals surface area contributed by atoms with Gasteiger partial charge < -0.3 is 10.1 Å². The summed E-state index contributed by atoms with van der Waals surface area (Å²) >= 11 is 1.73. The number of fused-ring (bicyclic) bond motifs is 1. The van der Waals surface area contributed by atoms with E-state index in [1.165, 1.54) is 0 Å². The Morgan fingerprint density at radius 1 is 1.41 bits per heavy atom. The summed E-state index contributed by atoms with van der Waals surface area (Å²) in [7, 11) is 0. The van der Waals surface area contributed by atoms with Crippen molar-refractivity contribution in [2.24, 2.45) is 0 Å². The van der Waals surface area contributed by atoms with E-state index >= 15 is 0 Å². The first-order valence-electron chi connectivity index (χ1n) is 9.53. The van der Waals surface area contributed by atoms with Crippen molar-refractivity contribution in [2.45, 2.75) is 62.6 Å². The number of nitrogens with one attached hydrogen (secondary N) is 2. The summed E-state index contributed by atoms with van der Waals surface area (Å²) in [6.45, 7) is 1.97. The van der Waals surface area contributed by atoms with Gasteiger partial charge in [-0.2, -0.15) is 16.9 Å². The Kier molecular flexibility index (Phi) is 5.38. The number of thioether (sulfide) groups is 1. The maximum Gasteiger partial charge on any atom is 0.306 e. The van der Waals surface area contributed by atoms with Crippen molar-refractivity contribution in [3.8, 4) is 0 Å². The molecule has 27 heavy (non-hydrogen) atoms. The van der Waals surface area contributed by atoms with E-state index in [0.29, 0.717) is 17.9 Å². The SMILES string of the molecule is CCCC(=O)OC1CCC(c2cc(Nc3ccc4c(c3F)CSC4)n[nH]2)C1. The molecule has 7 heteroatoms. The first kappa shape index (κ1) is 18.3. The zero-order chi connectivity index (χ0) is 18.8. The van der Waals surface area contributed by atoms with E-state index in [1.54, 1.807) is 17.8 Å². The number of nitrogens with zero attached hydrogens (tertiary/aromatic N) is 1. The van der Waals surface area contributed by atoms with Gasteiger partial charge in [0.2, 0.25) is 0 Å². The van der Waals surface area contributed by atoms with Crippen LogP contribution in [0.3, 0.4) is 0 Å². The molecule has 1 saturated carbocycles. The molecule has 2 N–H and O–H groups in total. The summed E-state index contributed by atoms with van der Waals surface area (Å²) in [6.07, 6.45) is 3.91. The van der Waals surface area contributed by atoms with E-state index in [-0.39, 0.29) is 23.8 Å². The van der Waals surface area contributed by atoms with Gasteiger partial charge in [-0.3, -0.25) is 9.89 Å². The van der Waals surface area contributed by atoms with Gasteiger partial charge in [-0.15, -0.1) is 0 Å². The van der Waals surface area contributed by atoms with E-state index in [9.17, 15) is 9.18 Å². The zero-order valence-corrected chi connectivity index (χ0v) is 16.2. The molecule has 0 amide bonds. The zero-order valence-electron chi connectivity index (χ0n) is 15.4. The second kappa shape index (κ2) is 7.92. The normalized spacial score (nSPS) is 21.3. The van der Waals surface area contributed by atoms with Gasteiger partial charge in [-0.25, -0.2) is 4.39 Å². The Bertz CT molecular complexity index is 839. The number of carbonyl (C=O) groups is 1. The Hall–Kier alpha value is -2.02. The molecular weight excluding hydrogens is 365 g/mol. The average Bonchev–Trinajstić information content (AvgIpc) is 3.38. The van der Waals surface area contributed by atoms with Crippen LogP contribution in [0.25, 0.3) is 0 Å². The van der Waals surface area contributed by atoms with Crippen LogP contribution in [-0.2, 0) is 21.0 Å². The highest BCUT2D eigenvalue weighted by Crippen LogP contribution is 2.37. The average molecular weight is 389 g/mol. The monoisotopic (exact) mass is 389 g/mol. The number of hydrogen-bond donors (Lipinski definition) is 2. The number of rotatable bonds is 6. The van der Waals surface area contributed by atoms with Crippen LogP contribution >= 0.6 is 11.8 Å². The second-order valence-electron chi connectivity index (χ2n) is 7.26. The quantitative estimate of drug-likeness (QED) is 0.679. The lowest BCUT2D eigenvalue weighted by Gasteiger charge is -2.11. The summed E-state index contributed by atoms with van der Waals surface area (Å²) in [6, 6.07) is 5.70. The van der Waals surface area contributed by atoms with Gasteiger partial charge in [-0.1, -0.05) is 13.0 Å². The molecule has 144 valence electrons. The Balaban J connectivity index is 1.39. The van der Waals surface area contributed by atoms with Gasteiger partial charge in [0.25, 0.3) is 0 Å². The first-order chi connectivity index (χ1) is 13.1. The van der Waals surface area contributed by atoms with Crippen molar-refractivity contribution >= 4 is 29.2 Å². The van der Waals surface area contributed by atoms with Gasteiger partial charge in [-0.05, 0) is 37.3 Å². The second-order valence-corrected chi connectivity index (χ2v) is 8.25. The molecule has 1 aromatic carbocycles. The molecular formula is C20H24FN3O2S. The fourth-order valence-electron chi connectivity index (χ4n) is 3.84. The number of ether oxygens (including phenoxy) is 1. The lowest BCUT2D eigenvalue weighted by Crippen LogP contribution is -2.14. The highest BCUT2D eigenvalue weighted by atomic mass is 32.2. The van der Waals surface area contributed by atoms with E-state index in [4.69, 9.17) is 4.74 Å². The van der Waals surface area contributed by atoms with Gasteiger partial charge in [0.05, 0.1) is 5.69 Å². The summed E-state index contributed by atoms with van der Waals surface area (Å²) in [4.78, 5) is 11.7. The fraction of sp³-hybridized carbons (Fsp3) is 0.500. The number of anilines is 2.